The van der Waals surface area contributed by atoms with Crippen LogP contribution in [-0.2, 0) is 0 Å². The Labute approximate surface area is 177 Å². The lowest BCUT2D eigenvalue weighted by Gasteiger charge is -1.96. The maximum atomic E-state index is 4.41. The van der Waals surface area contributed by atoms with E-state index in [1.54, 1.807) is 22.7 Å². The second-order valence-corrected chi connectivity index (χ2v) is 8.33. The van der Waals surface area contributed by atoms with E-state index in [9.17, 15) is 0 Å². The molecule has 2 heterocycles. The fourth-order valence-corrected chi connectivity index (χ4v) is 3.94. The Kier molecular flexibility index (Phi) is 9.05. The first-order chi connectivity index (χ1) is 13.6. The fraction of sp³-hybridized carbons (Fsp3) is 0.250. The predicted molar refractivity (Wildman–Crippen MR) is 125 cm³/mol. The number of nitrogens with zero attached hydrogens (tertiary/aromatic N) is 2. The third kappa shape index (κ3) is 6.39. The first-order valence-electron chi connectivity index (χ1n) is 9.62. The van der Waals surface area contributed by atoms with Crippen LogP contribution >= 0.6 is 22.7 Å². The van der Waals surface area contributed by atoms with Crippen LogP contribution in [0.5, 0.6) is 0 Å². The molecule has 4 heteroatoms. The van der Waals surface area contributed by atoms with Gasteiger partial charge in [-0.1, -0.05) is 88.4 Å². The molecule has 0 spiro atoms. The summed E-state index contributed by atoms with van der Waals surface area (Å²) in [6, 6.07) is 20.6. The van der Waals surface area contributed by atoms with Crippen LogP contribution in [0.3, 0.4) is 0 Å². The number of benzene rings is 2. The summed E-state index contributed by atoms with van der Waals surface area (Å²) in [5.74, 6) is 0.525. The van der Waals surface area contributed by atoms with E-state index in [1.165, 1.54) is 21.0 Å². The minimum atomic E-state index is 0.525. The van der Waals surface area contributed by atoms with Crippen molar-refractivity contribution in [3.05, 3.63) is 82.3 Å². The van der Waals surface area contributed by atoms with E-state index in [1.807, 2.05) is 51.2 Å². The predicted octanol–water partition coefficient (Wildman–Crippen LogP) is 8.08. The molecule has 0 saturated carbocycles. The molecule has 0 aliphatic carbocycles. The van der Waals surface area contributed by atoms with E-state index in [4.69, 9.17) is 0 Å². The number of thiazole rings is 2. The Bertz CT molecular complexity index is 925. The molecular formula is C24H28N2S2. The van der Waals surface area contributed by atoms with Gasteiger partial charge in [0, 0.05) is 23.1 Å². The van der Waals surface area contributed by atoms with E-state index in [0.29, 0.717) is 5.92 Å². The molecule has 2 aromatic heterocycles. The van der Waals surface area contributed by atoms with Gasteiger partial charge in [0.05, 0.1) is 20.6 Å². The Balaban J connectivity index is 0.000000186. The summed E-state index contributed by atoms with van der Waals surface area (Å²) in [4.78, 5) is 10.1. The van der Waals surface area contributed by atoms with Crippen LogP contribution in [0, 0.1) is 6.92 Å². The zero-order valence-corrected chi connectivity index (χ0v) is 18.8. The molecule has 0 unspecified atom stereocenters. The highest BCUT2D eigenvalue weighted by Gasteiger charge is 2.06. The van der Waals surface area contributed by atoms with Gasteiger partial charge in [-0.2, -0.15) is 0 Å². The number of hydrogen-bond donors (Lipinski definition) is 0. The summed E-state index contributed by atoms with van der Waals surface area (Å²) in [5.41, 5.74) is 3.54. The molecular weight excluding hydrogens is 380 g/mol. The van der Waals surface area contributed by atoms with Gasteiger partial charge in [0.25, 0.3) is 0 Å². The van der Waals surface area contributed by atoms with Crippen LogP contribution in [-0.4, -0.2) is 9.97 Å². The van der Waals surface area contributed by atoms with Crippen molar-refractivity contribution in [2.45, 2.75) is 40.5 Å². The summed E-state index contributed by atoms with van der Waals surface area (Å²) in [7, 11) is 0. The molecule has 0 aliphatic heterocycles. The van der Waals surface area contributed by atoms with Gasteiger partial charge >= 0.3 is 0 Å². The zero-order valence-electron chi connectivity index (χ0n) is 17.2. The van der Waals surface area contributed by atoms with Crippen LogP contribution in [0.1, 0.15) is 43.6 Å². The molecule has 146 valence electrons. The summed E-state index contributed by atoms with van der Waals surface area (Å²) in [5, 5.41) is 4.42. The second-order valence-electron chi connectivity index (χ2n) is 6.20. The minimum Gasteiger partial charge on any atom is -0.249 e. The van der Waals surface area contributed by atoms with Crippen molar-refractivity contribution in [1.29, 1.82) is 0 Å². The SMILES string of the molecule is CC.CC(C)c1ncc(-c2ccccc2)s1.Cc1nc(-c2ccccc2)cs1. The molecule has 0 saturated heterocycles. The first kappa shape index (κ1) is 22.0. The topological polar surface area (TPSA) is 25.8 Å². The van der Waals surface area contributed by atoms with Gasteiger partial charge in [-0.05, 0) is 12.5 Å². The monoisotopic (exact) mass is 408 g/mol. The Hall–Kier alpha value is -2.30. The van der Waals surface area contributed by atoms with E-state index < -0.39 is 0 Å². The molecule has 0 aliphatic rings. The molecule has 4 rings (SSSR count). The van der Waals surface area contributed by atoms with Crippen LogP contribution in [0.4, 0.5) is 0 Å². The average Bonchev–Trinajstić information content (AvgIpc) is 3.41. The lowest BCUT2D eigenvalue weighted by molar-refractivity contribution is 0.852. The first-order valence-corrected chi connectivity index (χ1v) is 11.3. The normalized spacial score (nSPS) is 9.93. The molecule has 2 nitrogen and oxygen atoms in total. The third-order valence-electron chi connectivity index (χ3n) is 3.76. The van der Waals surface area contributed by atoms with Gasteiger partial charge in [0.1, 0.15) is 0 Å². The molecule has 0 atom stereocenters. The summed E-state index contributed by atoms with van der Waals surface area (Å²) in [6.45, 7) is 10.4. The smallest absolute Gasteiger partial charge is 0.0956 e. The van der Waals surface area contributed by atoms with Gasteiger partial charge in [0.15, 0.2) is 0 Å². The van der Waals surface area contributed by atoms with Gasteiger partial charge in [-0.15, -0.1) is 22.7 Å². The van der Waals surface area contributed by atoms with Gasteiger partial charge in [0.2, 0.25) is 0 Å². The van der Waals surface area contributed by atoms with Crippen molar-refractivity contribution in [3.8, 4) is 21.7 Å². The molecule has 0 amide bonds. The van der Waals surface area contributed by atoms with Crippen molar-refractivity contribution in [2.75, 3.05) is 0 Å². The Morgan fingerprint density at radius 3 is 1.86 bits per heavy atom. The van der Waals surface area contributed by atoms with Crippen molar-refractivity contribution < 1.29 is 0 Å². The van der Waals surface area contributed by atoms with Crippen LogP contribution in [0.2, 0.25) is 0 Å². The quantitative estimate of drug-likeness (QED) is 0.342. The van der Waals surface area contributed by atoms with Crippen LogP contribution in [0.25, 0.3) is 21.7 Å². The fourth-order valence-electron chi connectivity index (χ4n) is 2.40. The Morgan fingerprint density at radius 2 is 1.39 bits per heavy atom. The van der Waals surface area contributed by atoms with E-state index in [-0.39, 0.29) is 0 Å². The molecule has 4 aromatic rings. The van der Waals surface area contributed by atoms with Crippen molar-refractivity contribution >= 4 is 22.7 Å². The molecule has 0 fully saturated rings. The second kappa shape index (κ2) is 11.5. The van der Waals surface area contributed by atoms with Gasteiger partial charge in [-0.25, -0.2) is 9.97 Å². The van der Waals surface area contributed by atoms with Crippen LogP contribution in [0.15, 0.2) is 72.2 Å². The van der Waals surface area contributed by atoms with Crippen molar-refractivity contribution in [1.82, 2.24) is 9.97 Å². The number of rotatable bonds is 3. The highest BCUT2D eigenvalue weighted by Crippen LogP contribution is 2.29. The zero-order chi connectivity index (χ0) is 20.4. The number of aromatic nitrogens is 2. The van der Waals surface area contributed by atoms with Crippen molar-refractivity contribution in [2.24, 2.45) is 0 Å². The average molecular weight is 409 g/mol. The van der Waals surface area contributed by atoms with E-state index in [2.05, 4.69) is 65.6 Å². The molecule has 28 heavy (non-hydrogen) atoms. The largest absolute Gasteiger partial charge is 0.249 e. The van der Waals surface area contributed by atoms with E-state index in [0.717, 1.165) is 10.7 Å². The molecule has 0 bridgehead atoms. The van der Waals surface area contributed by atoms with Gasteiger partial charge < -0.3 is 0 Å². The minimum absolute atomic E-state index is 0.525. The van der Waals surface area contributed by atoms with E-state index >= 15 is 0 Å². The van der Waals surface area contributed by atoms with Gasteiger partial charge in [-0.3, -0.25) is 0 Å². The highest BCUT2D eigenvalue weighted by atomic mass is 32.1. The van der Waals surface area contributed by atoms with Crippen LogP contribution < -0.4 is 0 Å². The lowest BCUT2D eigenvalue weighted by atomic mass is 10.2. The number of aryl methyl sites for hydroxylation is 1. The number of hydrogen-bond acceptors (Lipinski definition) is 4. The third-order valence-corrected chi connectivity index (χ3v) is 5.88. The van der Waals surface area contributed by atoms with Crippen molar-refractivity contribution in [3.63, 3.8) is 0 Å². The standard InChI is InChI=1S/C12H13NS.C10H9NS.C2H6/c1-9(2)12-13-8-11(14-12)10-6-4-3-5-7-10;1-8-11-10(7-12-8)9-5-3-2-4-6-9;1-2/h3-9H,1-2H3;2-7H,1H3;1-2H3. The maximum Gasteiger partial charge on any atom is 0.0956 e. The molecule has 0 N–H and O–H groups in total. The summed E-state index contributed by atoms with van der Waals surface area (Å²) >= 11 is 3.47. The lowest BCUT2D eigenvalue weighted by Crippen LogP contribution is -1.81. The summed E-state index contributed by atoms with van der Waals surface area (Å²) in [6.07, 6.45) is 1.97. The summed E-state index contributed by atoms with van der Waals surface area (Å²) < 4.78 is 0. The Morgan fingerprint density at radius 1 is 0.821 bits per heavy atom. The highest BCUT2D eigenvalue weighted by molar-refractivity contribution is 7.15. The molecule has 0 radical (unpaired) electrons. The molecule has 2 aromatic carbocycles. The maximum absolute atomic E-state index is 4.41.